The Bertz CT molecular complexity index is 933. The summed E-state index contributed by atoms with van der Waals surface area (Å²) in [6.07, 6.45) is 4.54. The first-order valence-corrected chi connectivity index (χ1v) is 9.44. The maximum Gasteiger partial charge on any atom is 0.526 e. The number of fused-ring (bicyclic) bond motifs is 2. The molecule has 1 atom stereocenters. The predicted molar refractivity (Wildman–Crippen MR) is 104 cm³/mol. The molecule has 8 heteroatoms. The van der Waals surface area contributed by atoms with E-state index < -0.39 is 18.9 Å². The molecule has 3 N–H and O–H groups in total. The van der Waals surface area contributed by atoms with Crippen molar-refractivity contribution in [2.45, 2.75) is 37.9 Å². The quantitative estimate of drug-likeness (QED) is 0.682. The van der Waals surface area contributed by atoms with Gasteiger partial charge in [0, 0.05) is 31.4 Å². The van der Waals surface area contributed by atoms with Crippen LogP contribution in [-0.4, -0.2) is 40.5 Å². The topological polar surface area (TPSA) is 109 Å². The Morgan fingerprint density at radius 2 is 2.18 bits per heavy atom. The van der Waals surface area contributed by atoms with Crippen molar-refractivity contribution in [2.24, 2.45) is 0 Å². The molecule has 1 aromatic carbocycles. The minimum Gasteiger partial charge on any atom is -0.535 e. The molecule has 0 bridgehead atoms. The van der Waals surface area contributed by atoms with Crippen LogP contribution in [0.15, 0.2) is 30.5 Å². The van der Waals surface area contributed by atoms with E-state index in [-0.39, 0.29) is 29.9 Å². The number of nitrogens with zero attached hydrogens (tertiary/aromatic N) is 1. The van der Waals surface area contributed by atoms with Crippen molar-refractivity contribution >= 4 is 24.7 Å². The van der Waals surface area contributed by atoms with Gasteiger partial charge in [0.1, 0.15) is 17.4 Å². The third-order valence-corrected chi connectivity index (χ3v) is 5.28. The number of hydrogen-bond acceptors (Lipinski definition) is 6. The first kappa shape index (κ1) is 18.5. The van der Waals surface area contributed by atoms with Crippen LogP contribution in [0.2, 0.25) is 5.82 Å². The highest BCUT2D eigenvalue weighted by molar-refractivity contribution is 6.47. The molecule has 28 heavy (non-hydrogen) atoms. The first-order chi connectivity index (χ1) is 13.5. The monoisotopic (exact) mass is 380 g/mol. The molecule has 0 saturated heterocycles. The molecule has 0 spiro atoms. The molecule has 144 valence electrons. The van der Waals surface area contributed by atoms with Gasteiger partial charge in [-0.2, -0.15) is 0 Å². The Balaban J connectivity index is 1.44. The summed E-state index contributed by atoms with van der Waals surface area (Å²) in [5.41, 5.74) is 2.72. The second-order valence-electron chi connectivity index (χ2n) is 7.37. The molecule has 1 aromatic heterocycles. The normalized spacial score (nSPS) is 17.8. The van der Waals surface area contributed by atoms with E-state index in [1.807, 2.05) is 6.07 Å². The first-order valence-electron chi connectivity index (χ1n) is 9.44. The third kappa shape index (κ3) is 3.73. The number of aromatic carboxylic acids is 1. The maximum absolute atomic E-state index is 12.6. The number of carbonyl (C=O) groups is 2. The number of Topliss-reactive ketones (excluding diaryl/α,β-unsaturated/α-hetero) is 1. The average molecular weight is 380 g/mol. The summed E-state index contributed by atoms with van der Waals surface area (Å²) in [7, 11) is -1.21. The van der Waals surface area contributed by atoms with E-state index in [4.69, 9.17) is 4.65 Å². The number of rotatable bonds is 5. The molecular weight excluding hydrogens is 359 g/mol. The van der Waals surface area contributed by atoms with Crippen LogP contribution < -0.4 is 9.97 Å². The lowest BCUT2D eigenvalue weighted by Gasteiger charge is -2.28. The van der Waals surface area contributed by atoms with Crippen molar-refractivity contribution in [1.82, 2.24) is 4.98 Å². The smallest absolute Gasteiger partial charge is 0.526 e. The zero-order valence-corrected chi connectivity index (χ0v) is 15.4. The lowest BCUT2D eigenvalue weighted by atomic mass is 9.64. The van der Waals surface area contributed by atoms with Crippen molar-refractivity contribution in [3.63, 3.8) is 0 Å². The van der Waals surface area contributed by atoms with E-state index >= 15 is 0 Å². The molecular formula is C20H21BN2O5. The van der Waals surface area contributed by atoms with Gasteiger partial charge in [0.2, 0.25) is 0 Å². The van der Waals surface area contributed by atoms with Crippen LogP contribution in [0.25, 0.3) is 0 Å². The van der Waals surface area contributed by atoms with E-state index in [9.17, 15) is 19.7 Å². The largest absolute Gasteiger partial charge is 0.535 e. The van der Waals surface area contributed by atoms with E-state index in [1.54, 1.807) is 18.3 Å². The maximum atomic E-state index is 12.6. The van der Waals surface area contributed by atoms with Crippen molar-refractivity contribution in [3.8, 4) is 5.75 Å². The van der Waals surface area contributed by atoms with Gasteiger partial charge in [-0.25, -0.2) is 9.78 Å². The minimum absolute atomic E-state index is 0.00370. The van der Waals surface area contributed by atoms with Crippen LogP contribution in [0.4, 0.5) is 5.82 Å². The summed E-state index contributed by atoms with van der Waals surface area (Å²) < 4.78 is 5.46. The zero-order chi connectivity index (χ0) is 19.7. The second-order valence-corrected chi connectivity index (χ2v) is 7.37. The van der Waals surface area contributed by atoms with Gasteiger partial charge in [-0.1, -0.05) is 18.2 Å². The fourth-order valence-electron chi connectivity index (χ4n) is 3.91. The fraction of sp³-hybridized carbons (Fsp3) is 0.350. The molecule has 2 aliphatic rings. The molecule has 3 heterocycles. The molecule has 0 radical (unpaired) electrons. The SMILES string of the molecule is O=C(Cc1cnc2c(c1)CCCN2)C[C@H]1Cc2cccc(C(=O)O)c2OB1O. The van der Waals surface area contributed by atoms with Crippen molar-refractivity contribution < 1.29 is 24.4 Å². The summed E-state index contributed by atoms with van der Waals surface area (Å²) in [5.74, 6) is -0.428. The lowest BCUT2D eigenvalue weighted by Crippen LogP contribution is -2.36. The number of carboxylic acids is 1. The Labute approximate surface area is 162 Å². The standard InChI is InChI=1S/C20H21BN2O5/c24-16(8-12-7-14-4-2-6-22-19(14)23-11-12)10-15-9-13-3-1-5-17(20(25)26)18(13)28-21(15)27/h1,3,5,7,11,15,27H,2,4,6,8-10H2,(H,22,23)(H,25,26)/t15-/m1/s1. The van der Waals surface area contributed by atoms with Crippen LogP contribution in [0.3, 0.4) is 0 Å². The number of benzene rings is 1. The summed E-state index contributed by atoms with van der Waals surface area (Å²) >= 11 is 0. The molecule has 0 fully saturated rings. The van der Waals surface area contributed by atoms with Gasteiger partial charge in [0.25, 0.3) is 0 Å². The lowest BCUT2D eigenvalue weighted by molar-refractivity contribution is -0.118. The Morgan fingerprint density at radius 3 is 3.00 bits per heavy atom. The van der Waals surface area contributed by atoms with Gasteiger partial charge in [0.05, 0.1) is 5.56 Å². The number of ketones is 1. The van der Waals surface area contributed by atoms with Crippen LogP contribution in [0.1, 0.15) is 39.9 Å². The Kier molecular flexibility index (Phi) is 5.04. The molecule has 7 nitrogen and oxygen atoms in total. The number of carboxylic acid groups (broad SMARTS) is 1. The number of aromatic nitrogens is 1. The number of carbonyl (C=O) groups excluding carboxylic acids is 1. The van der Waals surface area contributed by atoms with E-state index in [1.165, 1.54) is 6.07 Å². The number of para-hydroxylation sites is 1. The summed E-state index contributed by atoms with van der Waals surface area (Å²) in [5, 5.41) is 22.8. The van der Waals surface area contributed by atoms with Gasteiger partial charge in [-0.3, -0.25) is 4.79 Å². The van der Waals surface area contributed by atoms with Gasteiger partial charge in [-0.05, 0) is 42.0 Å². The zero-order valence-electron chi connectivity index (χ0n) is 15.4. The molecule has 0 saturated carbocycles. The highest BCUT2D eigenvalue weighted by atomic mass is 16.5. The van der Waals surface area contributed by atoms with Gasteiger partial charge in [-0.15, -0.1) is 0 Å². The van der Waals surface area contributed by atoms with Crippen LogP contribution in [0.5, 0.6) is 5.75 Å². The Morgan fingerprint density at radius 1 is 1.32 bits per heavy atom. The number of aryl methyl sites for hydroxylation is 1. The van der Waals surface area contributed by atoms with Gasteiger partial charge in [0.15, 0.2) is 0 Å². The highest BCUT2D eigenvalue weighted by Crippen LogP contribution is 2.36. The molecule has 0 aliphatic carbocycles. The van der Waals surface area contributed by atoms with Crippen LogP contribution >= 0.6 is 0 Å². The molecule has 0 unspecified atom stereocenters. The summed E-state index contributed by atoms with van der Waals surface area (Å²) in [4.78, 5) is 28.3. The summed E-state index contributed by atoms with van der Waals surface area (Å²) in [6.45, 7) is 0.920. The van der Waals surface area contributed by atoms with Gasteiger partial charge < -0.3 is 20.1 Å². The van der Waals surface area contributed by atoms with Crippen molar-refractivity contribution in [1.29, 1.82) is 0 Å². The second kappa shape index (κ2) is 7.63. The van der Waals surface area contributed by atoms with Crippen LogP contribution in [0, 0.1) is 0 Å². The minimum atomic E-state index is -1.21. The Hall–Kier alpha value is -2.87. The molecule has 2 aliphatic heterocycles. The molecule has 0 amide bonds. The van der Waals surface area contributed by atoms with E-state index in [0.29, 0.717) is 12.0 Å². The van der Waals surface area contributed by atoms with Crippen LogP contribution in [-0.2, 0) is 24.1 Å². The molecule has 4 rings (SSSR count). The molecule has 2 aromatic rings. The number of pyridine rings is 1. The average Bonchev–Trinajstić information content (AvgIpc) is 2.68. The third-order valence-electron chi connectivity index (χ3n) is 5.28. The highest BCUT2D eigenvalue weighted by Gasteiger charge is 2.37. The number of nitrogens with one attached hydrogen (secondary N) is 1. The predicted octanol–water partition coefficient (Wildman–Crippen LogP) is 2.13. The van der Waals surface area contributed by atoms with E-state index in [2.05, 4.69) is 10.3 Å². The van der Waals surface area contributed by atoms with Crippen molar-refractivity contribution in [3.05, 3.63) is 52.7 Å². The van der Waals surface area contributed by atoms with E-state index in [0.717, 1.165) is 36.3 Å². The summed E-state index contributed by atoms with van der Waals surface area (Å²) in [6, 6.07) is 6.88. The number of hydrogen-bond donors (Lipinski definition) is 3. The fourth-order valence-corrected chi connectivity index (χ4v) is 3.91. The number of anilines is 1. The van der Waals surface area contributed by atoms with Gasteiger partial charge >= 0.3 is 13.1 Å². The van der Waals surface area contributed by atoms with Crippen molar-refractivity contribution in [2.75, 3.05) is 11.9 Å².